The van der Waals surface area contributed by atoms with Gasteiger partial charge in [0.15, 0.2) is 0 Å². The number of hydrogen-bond acceptors (Lipinski definition) is 4. The first-order valence-corrected chi connectivity index (χ1v) is 8.94. The lowest BCUT2D eigenvalue weighted by molar-refractivity contribution is 0.888. The standard InChI is InChI=1S/C20H21BrN4/c1-14-9-10-17(12-18(14)21)23-20-22-15(2)11-19(24-20)25(3)13-16-7-5-4-6-8-16/h4-12H,13H2,1-3H3,(H,22,23,24). The maximum Gasteiger partial charge on any atom is 0.229 e. The highest BCUT2D eigenvalue weighted by Crippen LogP contribution is 2.23. The van der Waals surface area contributed by atoms with Gasteiger partial charge in [0.2, 0.25) is 5.95 Å². The third kappa shape index (κ3) is 4.57. The summed E-state index contributed by atoms with van der Waals surface area (Å²) in [5.41, 5.74) is 4.33. The zero-order chi connectivity index (χ0) is 17.8. The number of hydrogen-bond donors (Lipinski definition) is 1. The second-order valence-electron chi connectivity index (χ2n) is 6.12. The van der Waals surface area contributed by atoms with Crippen molar-refractivity contribution >= 4 is 33.4 Å². The van der Waals surface area contributed by atoms with E-state index in [9.17, 15) is 0 Å². The molecule has 0 unspecified atom stereocenters. The highest BCUT2D eigenvalue weighted by Gasteiger charge is 2.08. The summed E-state index contributed by atoms with van der Waals surface area (Å²) in [5, 5.41) is 3.29. The summed E-state index contributed by atoms with van der Waals surface area (Å²) in [6.45, 7) is 4.85. The zero-order valence-electron chi connectivity index (χ0n) is 14.6. The van der Waals surface area contributed by atoms with E-state index >= 15 is 0 Å². The monoisotopic (exact) mass is 396 g/mol. The molecule has 128 valence electrons. The third-order valence-corrected chi connectivity index (χ3v) is 4.78. The summed E-state index contributed by atoms with van der Waals surface area (Å²) in [6.07, 6.45) is 0. The summed E-state index contributed by atoms with van der Waals surface area (Å²) in [6, 6.07) is 18.5. The van der Waals surface area contributed by atoms with E-state index < -0.39 is 0 Å². The Labute approximate surface area is 157 Å². The molecule has 1 N–H and O–H groups in total. The first kappa shape index (κ1) is 17.4. The van der Waals surface area contributed by atoms with Gasteiger partial charge in [0, 0.05) is 35.5 Å². The molecule has 3 aromatic rings. The number of aryl methyl sites for hydroxylation is 2. The van der Waals surface area contributed by atoms with Gasteiger partial charge in [-0.05, 0) is 37.1 Å². The minimum absolute atomic E-state index is 0.602. The fourth-order valence-electron chi connectivity index (χ4n) is 2.54. The van der Waals surface area contributed by atoms with Crippen molar-refractivity contribution in [3.63, 3.8) is 0 Å². The van der Waals surface area contributed by atoms with Crippen LogP contribution in [-0.2, 0) is 6.54 Å². The highest BCUT2D eigenvalue weighted by molar-refractivity contribution is 9.10. The topological polar surface area (TPSA) is 41.1 Å². The number of nitrogens with zero attached hydrogens (tertiary/aromatic N) is 3. The molecule has 1 aromatic heterocycles. The summed E-state index contributed by atoms with van der Waals surface area (Å²) < 4.78 is 1.06. The van der Waals surface area contributed by atoms with E-state index in [1.807, 2.05) is 38.2 Å². The number of halogens is 1. The van der Waals surface area contributed by atoms with Crippen molar-refractivity contribution in [1.82, 2.24) is 9.97 Å². The van der Waals surface area contributed by atoms with Gasteiger partial charge in [0.1, 0.15) is 5.82 Å². The van der Waals surface area contributed by atoms with Gasteiger partial charge in [-0.3, -0.25) is 0 Å². The molecule has 4 nitrogen and oxygen atoms in total. The predicted octanol–water partition coefficient (Wildman–Crippen LogP) is 5.24. The van der Waals surface area contributed by atoms with Gasteiger partial charge >= 0.3 is 0 Å². The molecule has 0 bridgehead atoms. The van der Waals surface area contributed by atoms with Crippen LogP contribution in [0.15, 0.2) is 59.1 Å². The summed E-state index contributed by atoms with van der Waals surface area (Å²) in [5.74, 6) is 1.50. The number of aromatic nitrogens is 2. The number of benzene rings is 2. The number of rotatable bonds is 5. The summed E-state index contributed by atoms with van der Waals surface area (Å²) >= 11 is 3.56. The van der Waals surface area contributed by atoms with E-state index in [1.54, 1.807) is 0 Å². The average Bonchev–Trinajstić information content (AvgIpc) is 2.58. The number of anilines is 3. The minimum Gasteiger partial charge on any atom is -0.355 e. The van der Waals surface area contributed by atoms with Crippen molar-refractivity contribution in [3.8, 4) is 0 Å². The second-order valence-corrected chi connectivity index (χ2v) is 6.98. The molecule has 0 spiro atoms. The third-order valence-electron chi connectivity index (χ3n) is 3.92. The molecule has 0 aliphatic rings. The van der Waals surface area contributed by atoms with Crippen molar-refractivity contribution in [3.05, 3.63) is 75.9 Å². The van der Waals surface area contributed by atoms with Crippen molar-refractivity contribution in [2.24, 2.45) is 0 Å². The Balaban J connectivity index is 1.81. The Morgan fingerprint density at radius 3 is 2.48 bits per heavy atom. The smallest absolute Gasteiger partial charge is 0.229 e. The molecular formula is C20H21BrN4. The van der Waals surface area contributed by atoms with Crippen LogP contribution in [0.4, 0.5) is 17.5 Å². The second kappa shape index (κ2) is 7.66. The Bertz CT molecular complexity index is 865. The minimum atomic E-state index is 0.602. The molecule has 0 saturated carbocycles. The fraction of sp³-hybridized carbons (Fsp3) is 0.200. The first-order valence-electron chi connectivity index (χ1n) is 8.15. The molecule has 0 atom stereocenters. The quantitative estimate of drug-likeness (QED) is 0.640. The van der Waals surface area contributed by atoms with Crippen LogP contribution in [-0.4, -0.2) is 17.0 Å². The largest absolute Gasteiger partial charge is 0.355 e. The van der Waals surface area contributed by atoms with Crippen LogP contribution in [0, 0.1) is 13.8 Å². The SMILES string of the molecule is Cc1cc(N(C)Cc2ccccc2)nc(Nc2ccc(C)c(Br)c2)n1. The van der Waals surface area contributed by atoms with Crippen molar-refractivity contribution in [2.45, 2.75) is 20.4 Å². The van der Waals surface area contributed by atoms with E-state index in [2.05, 4.69) is 73.4 Å². The van der Waals surface area contributed by atoms with Gasteiger partial charge in [-0.15, -0.1) is 0 Å². The molecule has 5 heteroatoms. The molecule has 3 rings (SSSR count). The van der Waals surface area contributed by atoms with Gasteiger partial charge in [-0.25, -0.2) is 4.98 Å². The van der Waals surface area contributed by atoms with Crippen molar-refractivity contribution in [1.29, 1.82) is 0 Å². The van der Waals surface area contributed by atoms with Crippen LogP contribution in [0.25, 0.3) is 0 Å². The van der Waals surface area contributed by atoms with Crippen LogP contribution in [0.5, 0.6) is 0 Å². The zero-order valence-corrected chi connectivity index (χ0v) is 16.2. The van der Waals surface area contributed by atoms with Crippen LogP contribution in [0.1, 0.15) is 16.8 Å². The van der Waals surface area contributed by atoms with E-state index in [4.69, 9.17) is 0 Å². The summed E-state index contributed by atoms with van der Waals surface area (Å²) in [7, 11) is 2.04. The first-order chi connectivity index (χ1) is 12.0. The summed E-state index contributed by atoms with van der Waals surface area (Å²) in [4.78, 5) is 11.3. The molecular weight excluding hydrogens is 376 g/mol. The molecule has 1 heterocycles. The number of nitrogens with one attached hydrogen (secondary N) is 1. The molecule has 0 fully saturated rings. The van der Waals surface area contributed by atoms with E-state index in [-0.39, 0.29) is 0 Å². The van der Waals surface area contributed by atoms with Crippen molar-refractivity contribution < 1.29 is 0 Å². The van der Waals surface area contributed by atoms with Gasteiger partial charge in [0.25, 0.3) is 0 Å². The van der Waals surface area contributed by atoms with Crippen LogP contribution in [0.2, 0.25) is 0 Å². The van der Waals surface area contributed by atoms with Crippen molar-refractivity contribution in [2.75, 3.05) is 17.3 Å². The molecule has 25 heavy (non-hydrogen) atoms. The molecule has 0 aliphatic heterocycles. The molecule has 0 radical (unpaired) electrons. The Kier molecular flexibility index (Phi) is 5.34. The van der Waals surface area contributed by atoms with E-state index in [0.717, 1.165) is 28.2 Å². The Hall–Kier alpha value is -2.40. The van der Waals surface area contributed by atoms with Gasteiger partial charge in [-0.2, -0.15) is 4.98 Å². The van der Waals surface area contributed by atoms with Crippen LogP contribution >= 0.6 is 15.9 Å². The lowest BCUT2D eigenvalue weighted by Gasteiger charge is -2.19. The lowest BCUT2D eigenvalue weighted by Crippen LogP contribution is -2.18. The van der Waals surface area contributed by atoms with E-state index in [1.165, 1.54) is 11.1 Å². The molecule has 0 saturated heterocycles. The van der Waals surface area contributed by atoms with Gasteiger partial charge in [-0.1, -0.05) is 52.3 Å². The fourth-order valence-corrected chi connectivity index (χ4v) is 2.92. The van der Waals surface area contributed by atoms with Gasteiger partial charge < -0.3 is 10.2 Å². The molecule has 0 aliphatic carbocycles. The Morgan fingerprint density at radius 1 is 1.00 bits per heavy atom. The maximum absolute atomic E-state index is 4.67. The van der Waals surface area contributed by atoms with Crippen LogP contribution < -0.4 is 10.2 Å². The normalized spacial score (nSPS) is 10.6. The lowest BCUT2D eigenvalue weighted by atomic mass is 10.2. The Morgan fingerprint density at radius 2 is 1.76 bits per heavy atom. The average molecular weight is 397 g/mol. The molecule has 0 amide bonds. The maximum atomic E-state index is 4.67. The highest BCUT2D eigenvalue weighted by atomic mass is 79.9. The van der Waals surface area contributed by atoms with Crippen LogP contribution in [0.3, 0.4) is 0 Å². The predicted molar refractivity (Wildman–Crippen MR) is 107 cm³/mol. The van der Waals surface area contributed by atoms with Gasteiger partial charge in [0.05, 0.1) is 0 Å². The molecule has 2 aromatic carbocycles. The van der Waals surface area contributed by atoms with E-state index in [0.29, 0.717) is 5.95 Å².